The number of fused-ring (bicyclic) bond motifs is 3. The summed E-state index contributed by atoms with van der Waals surface area (Å²) in [6.45, 7) is 2.41. The van der Waals surface area contributed by atoms with Crippen molar-refractivity contribution in [2.45, 2.75) is 12.8 Å². The van der Waals surface area contributed by atoms with Gasteiger partial charge < -0.3 is 4.74 Å². The van der Waals surface area contributed by atoms with Gasteiger partial charge in [-0.05, 0) is 34.7 Å². The topological polar surface area (TPSA) is 38.7 Å². The Bertz CT molecular complexity index is 944. The van der Waals surface area contributed by atoms with Crippen molar-refractivity contribution in [2.24, 2.45) is 4.99 Å². The van der Waals surface area contributed by atoms with E-state index < -0.39 is 0 Å². The van der Waals surface area contributed by atoms with Crippen molar-refractivity contribution in [1.29, 1.82) is 0 Å². The van der Waals surface area contributed by atoms with Gasteiger partial charge in [-0.25, -0.2) is 0 Å². The average Bonchev–Trinajstić information content (AvgIpc) is 3.02. The van der Waals surface area contributed by atoms with E-state index in [9.17, 15) is 4.79 Å². The number of aryl methyl sites for hydroxylation is 1. The second-order valence-corrected chi connectivity index (χ2v) is 6.79. The molecule has 134 valence electrons. The molecule has 0 radical (unpaired) electrons. The number of hydrogen-bond donors (Lipinski definition) is 0. The van der Waals surface area contributed by atoms with E-state index in [1.807, 2.05) is 55.5 Å². The maximum atomic E-state index is 12.1. The molecule has 0 N–H and O–H groups in total. The molecule has 0 atom stereocenters. The first kappa shape index (κ1) is 17.2. The van der Waals surface area contributed by atoms with Gasteiger partial charge in [0.25, 0.3) is 0 Å². The SMILES string of the molecule is Cc1ccc(C=NCC(=O)OCC2c3ccccc3-c3ccccc32)cc1. The van der Waals surface area contributed by atoms with E-state index in [1.54, 1.807) is 6.21 Å². The van der Waals surface area contributed by atoms with Gasteiger partial charge in [0, 0.05) is 12.1 Å². The summed E-state index contributed by atoms with van der Waals surface area (Å²) in [4.78, 5) is 16.3. The number of rotatable bonds is 5. The molecule has 0 spiro atoms. The lowest BCUT2D eigenvalue weighted by atomic mass is 9.98. The highest BCUT2D eigenvalue weighted by atomic mass is 16.5. The van der Waals surface area contributed by atoms with Gasteiger partial charge in [0.15, 0.2) is 0 Å². The van der Waals surface area contributed by atoms with E-state index in [-0.39, 0.29) is 18.4 Å². The van der Waals surface area contributed by atoms with E-state index >= 15 is 0 Å². The van der Waals surface area contributed by atoms with Crippen LogP contribution in [0.2, 0.25) is 0 Å². The fourth-order valence-electron chi connectivity index (χ4n) is 3.54. The molecule has 1 aliphatic rings. The molecule has 0 saturated heterocycles. The van der Waals surface area contributed by atoms with Crippen molar-refractivity contribution in [3.8, 4) is 11.1 Å². The van der Waals surface area contributed by atoms with Gasteiger partial charge in [-0.15, -0.1) is 0 Å². The second-order valence-electron chi connectivity index (χ2n) is 6.79. The molecule has 0 fully saturated rings. The van der Waals surface area contributed by atoms with Gasteiger partial charge in [-0.3, -0.25) is 9.79 Å². The number of aliphatic imine (C=N–C) groups is 1. The van der Waals surface area contributed by atoms with E-state index in [0.29, 0.717) is 6.61 Å². The molecule has 0 amide bonds. The van der Waals surface area contributed by atoms with Gasteiger partial charge in [0.1, 0.15) is 13.2 Å². The largest absolute Gasteiger partial charge is 0.463 e. The zero-order valence-electron chi connectivity index (χ0n) is 15.3. The van der Waals surface area contributed by atoms with Crippen molar-refractivity contribution in [3.05, 3.63) is 95.1 Å². The lowest BCUT2D eigenvalue weighted by molar-refractivity contribution is -0.142. The first-order valence-corrected chi connectivity index (χ1v) is 9.13. The van der Waals surface area contributed by atoms with Crippen LogP contribution < -0.4 is 0 Å². The van der Waals surface area contributed by atoms with Crippen LogP contribution >= 0.6 is 0 Å². The number of carbonyl (C=O) groups is 1. The average molecular weight is 355 g/mol. The highest BCUT2D eigenvalue weighted by molar-refractivity contribution is 5.82. The minimum atomic E-state index is -0.305. The Labute approximate surface area is 159 Å². The highest BCUT2D eigenvalue weighted by Gasteiger charge is 2.28. The molecule has 3 aromatic rings. The zero-order valence-corrected chi connectivity index (χ0v) is 15.3. The van der Waals surface area contributed by atoms with E-state index in [0.717, 1.165) is 5.56 Å². The van der Waals surface area contributed by atoms with E-state index in [1.165, 1.54) is 27.8 Å². The molecule has 0 bridgehead atoms. The molecule has 0 heterocycles. The highest BCUT2D eigenvalue weighted by Crippen LogP contribution is 2.44. The lowest BCUT2D eigenvalue weighted by Crippen LogP contribution is -2.14. The number of carbonyl (C=O) groups excluding carboxylic acids is 1. The fourth-order valence-corrected chi connectivity index (χ4v) is 3.54. The molecule has 3 nitrogen and oxygen atoms in total. The third-order valence-electron chi connectivity index (χ3n) is 4.91. The van der Waals surface area contributed by atoms with Gasteiger partial charge in [-0.2, -0.15) is 0 Å². The summed E-state index contributed by atoms with van der Waals surface area (Å²) in [7, 11) is 0. The Morgan fingerprint density at radius 1 is 0.926 bits per heavy atom. The molecular formula is C24H21NO2. The quantitative estimate of drug-likeness (QED) is 0.488. The molecule has 0 aliphatic heterocycles. The van der Waals surface area contributed by atoms with Gasteiger partial charge in [0.2, 0.25) is 0 Å². The maximum Gasteiger partial charge on any atom is 0.327 e. The maximum absolute atomic E-state index is 12.1. The number of hydrogen-bond acceptors (Lipinski definition) is 3. The Morgan fingerprint density at radius 3 is 2.15 bits per heavy atom. The molecule has 1 aliphatic carbocycles. The lowest BCUT2D eigenvalue weighted by Gasteiger charge is -2.13. The summed E-state index contributed by atoms with van der Waals surface area (Å²) in [6, 6.07) is 24.7. The van der Waals surface area contributed by atoms with Crippen LogP contribution in [0.4, 0.5) is 0 Å². The summed E-state index contributed by atoms with van der Waals surface area (Å²) >= 11 is 0. The Hall–Kier alpha value is -3.20. The van der Waals surface area contributed by atoms with Crippen LogP contribution in [0.3, 0.4) is 0 Å². The Balaban J connectivity index is 1.40. The predicted octanol–water partition coefficient (Wildman–Crippen LogP) is 4.77. The summed E-state index contributed by atoms with van der Waals surface area (Å²) in [5, 5.41) is 0. The van der Waals surface area contributed by atoms with Gasteiger partial charge in [0.05, 0.1) is 0 Å². The van der Waals surface area contributed by atoms with Crippen LogP contribution in [0.5, 0.6) is 0 Å². The minimum Gasteiger partial charge on any atom is -0.463 e. The number of benzene rings is 3. The predicted molar refractivity (Wildman–Crippen MR) is 108 cm³/mol. The van der Waals surface area contributed by atoms with Crippen molar-refractivity contribution in [2.75, 3.05) is 13.2 Å². The molecule has 3 aromatic carbocycles. The summed E-state index contributed by atoms with van der Waals surface area (Å²) < 4.78 is 5.54. The van der Waals surface area contributed by atoms with Crippen LogP contribution in [-0.4, -0.2) is 25.3 Å². The standard InChI is InChI=1S/C24H21NO2/c1-17-10-12-18(13-11-17)14-25-15-24(26)27-16-23-21-8-4-2-6-19(21)20-7-3-5-9-22(20)23/h2-14,23H,15-16H2,1H3. The molecule has 0 unspecified atom stereocenters. The normalized spacial score (nSPS) is 12.8. The van der Waals surface area contributed by atoms with E-state index in [2.05, 4.69) is 29.3 Å². The van der Waals surface area contributed by atoms with Crippen LogP contribution in [0.15, 0.2) is 77.8 Å². The monoisotopic (exact) mass is 355 g/mol. The second kappa shape index (κ2) is 7.58. The zero-order chi connectivity index (χ0) is 18.6. The number of nitrogens with zero attached hydrogens (tertiary/aromatic N) is 1. The number of esters is 1. The van der Waals surface area contributed by atoms with Crippen LogP contribution in [0.1, 0.15) is 28.2 Å². The molecule has 27 heavy (non-hydrogen) atoms. The van der Waals surface area contributed by atoms with Crippen LogP contribution in [0.25, 0.3) is 11.1 Å². The molecule has 4 rings (SSSR count). The van der Waals surface area contributed by atoms with Crippen molar-refractivity contribution in [1.82, 2.24) is 0 Å². The third-order valence-corrected chi connectivity index (χ3v) is 4.91. The Morgan fingerprint density at radius 2 is 1.52 bits per heavy atom. The van der Waals surface area contributed by atoms with Crippen molar-refractivity contribution < 1.29 is 9.53 Å². The van der Waals surface area contributed by atoms with Crippen LogP contribution in [-0.2, 0) is 9.53 Å². The molecule has 3 heteroatoms. The summed E-state index contributed by atoms with van der Waals surface area (Å²) in [6.07, 6.45) is 1.71. The summed E-state index contributed by atoms with van der Waals surface area (Å²) in [5.41, 5.74) is 7.07. The molecule has 0 saturated carbocycles. The van der Waals surface area contributed by atoms with E-state index in [4.69, 9.17) is 4.74 Å². The minimum absolute atomic E-state index is 0.0316. The van der Waals surface area contributed by atoms with Crippen molar-refractivity contribution >= 4 is 12.2 Å². The van der Waals surface area contributed by atoms with Crippen LogP contribution in [0, 0.1) is 6.92 Å². The molecule has 0 aromatic heterocycles. The third kappa shape index (κ3) is 3.68. The van der Waals surface area contributed by atoms with Gasteiger partial charge >= 0.3 is 5.97 Å². The fraction of sp³-hybridized carbons (Fsp3) is 0.167. The Kier molecular flexibility index (Phi) is 4.84. The summed E-state index contributed by atoms with van der Waals surface area (Å²) in [5.74, 6) is -0.220. The number of ether oxygens (including phenoxy) is 1. The van der Waals surface area contributed by atoms with Crippen molar-refractivity contribution in [3.63, 3.8) is 0 Å². The first-order valence-electron chi connectivity index (χ1n) is 9.13. The molecular weight excluding hydrogens is 334 g/mol. The first-order chi connectivity index (χ1) is 13.2. The van der Waals surface area contributed by atoms with Gasteiger partial charge in [-0.1, -0.05) is 78.4 Å². The smallest absolute Gasteiger partial charge is 0.327 e.